The van der Waals surface area contributed by atoms with Crippen molar-refractivity contribution in [3.63, 3.8) is 0 Å². The quantitative estimate of drug-likeness (QED) is 0.889. The minimum absolute atomic E-state index is 0.0624. The average molecular weight is 343 g/mol. The molecule has 7 heteroatoms. The Labute approximate surface area is 146 Å². The van der Waals surface area contributed by atoms with Crippen LogP contribution in [0.15, 0.2) is 17.1 Å². The molecule has 25 heavy (non-hydrogen) atoms. The summed E-state index contributed by atoms with van der Waals surface area (Å²) in [7, 11) is 0. The van der Waals surface area contributed by atoms with E-state index in [1.165, 1.54) is 12.5 Å². The molecule has 2 aliphatic rings. The predicted molar refractivity (Wildman–Crippen MR) is 97.8 cm³/mol. The highest BCUT2D eigenvalue weighted by molar-refractivity contribution is 5.87. The van der Waals surface area contributed by atoms with Gasteiger partial charge in [0.15, 0.2) is 5.65 Å². The zero-order chi connectivity index (χ0) is 17.2. The van der Waals surface area contributed by atoms with Gasteiger partial charge in [-0.25, -0.2) is 4.98 Å². The average Bonchev–Trinajstić information content (AvgIpc) is 2.63. The molecule has 1 aliphatic heterocycles. The van der Waals surface area contributed by atoms with Crippen LogP contribution in [0.25, 0.3) is 11.0 Å². The Morgan fingerprint density at radius 1 is 1.16 bits per heavy atom. The van der Waals surface area contributed by atoms with Gasteiger partial charge in [0, 0.05) is 43.2 Å². The van der Waals surface area contributed by atoms with Gasteiger partial charge in [0.2, 0.25) is 5.95 Å². The fraction of sp³-hybridized carbons (Fsp3) is 0.611. The zero-order valence-electron chi connectivity index (χ0n) is 14.4. The normalized spacial score (nSPS) is 20.0. The molecule has 3 N–H and O–H groups in total. The number of aromatic nitrogens is 3. The van der Waals surface area contributed by atoms with E-state index in [0.717, 1.165) is 57.1 Å². The maximum Gasteiger partial charge on any atom is 0.254 e. The number of nitrogens with two attached hydrogens (primary N) is 1. The largest absolute Gasteiger partial charge is 0.398 e. The van der Waals surface area contributed by atoms with Gasteiger partial charge < -0.3 is 15.8 Å². The van der Waals surface area contributed by atoms with Crippen molar-refractivity contribution in [1.29, 1.82) is 0 Å². The summed E-state index contributed by atoms with van der Waals surface area (Å²) in [6.07, 6.45) is 9.20. The summed E-state index contributed by atoms with van der Waals surface area (Å²) in [5, 5.41) is 4.14. The number of nitrogen functional groups attached to an aromatic ring is 1. The SMILES string of the molecule is Nc1cc(=O)n(C2CCCCC2)c2nc(NC3CCOCC3)ncc12. The molecule has 0 bridgehead atoms. The van der Waals surface area contributed by atoms with Crippen LogP contribution in [-0.4, -0.2) is 33.8 Å². The predicted octanol–water partition coefficient (Wildman–Crippen LogP) is 2.47. The molecule has 0 unspecified atom stereocenters. The summed E-state index contributed by atoms with van der Waals surface area (Å²) >= 11 is 0. The van der Waals surface area contributed by atoms with Gasteiger partial charge in [-0.15, -0.1) is 0 Å². The van der Waals surface area contributed by atoms with Crippen molar-refractivity contribution in [3.05, 3.63) is 22.6 Å². The van der Waals surface area contributed by atoms with Crippen LogP contribution in [0.1, 0.15) is 51.0 Å². The fourth-order valence-electron chi connectivity index (χ4n) is 3.93. The van der Waals surface area contributed by atoms with Crippen LogP contribution in [0.3, 0.4) is 0 Å². The van der Waals surface area contributed by atoms with Gasteiger partial charge in [0.1, 0.15) is 0 Å². The standard InChI is InChI=1S/C18H25N5O2/c19-15-10-16(24)23(13-4-2-1-3-5-13)17-14(15)11-20-18(22-17)21-12-6-8-25-9-7-12/h10-13H,1-9,19H2,(H,20,21,22). The Morgan fingerprint density at radius 3 is 2.68 bits per heavy atom. The van der Waals surface area contributed by atoms with E-state index in [9.17, 15) is 4.79 Å². The second-order valence-corrected chi connectivity index (χ2v) is 7.06. The van der Waals surface area contributed by atoms with Gasteiger partial charge in [-0.2, -0.15) is 4.98 Å². The molecular weight excluding hydrogens is 318 g/mol. The van der Waals surface area contributed by atoms with Crippen LogP contribution in [0, 0.1) is 0 Å². The second-order valence-electron chi connectivity index (χ2n) is 7.06. The summed E-state index contributed by atoms with van der Waals surface area (Å²) in [5.74, 6) is 0.564. The molecule has 1 saturated heterocycles. The van der Waals surface area contributed by atoms with Gasteiger partial charge in [0.25, 0.3) is 5.56 Å². The Balaban J connectivity index is 1.74. The fourth-order valence-corrected chi connectivity index (χ4v) is 3.93. The molecule has 2 aromatic rings. The van der Waals surface area contributed by atoms with Crippen LogP contribution in [0.2, 0.25) is 0 Å². The van der Waals surface area contributed by atoms with Crippen LogP contribution in [-0.2, 0) is 4.74 Å². The van der Waals surface area contributed by atoms with Gasteiger partial charge in [-0.05, 0) is 25.7 Å². The lowest BCUT2D eigenvalue weighted by atomic mass is 9.95. The summed E-state index contributed by atoms with van der Waals surface area (Å²) in [5.41, 5.74) is 7.10. The molecular formula is C18H25N5O2. The molecule has 0 aromatic carbocycles. The van der Waals surface area contributed by atoms with Crippen molar-refractivity contribution in [2.45, 2.75) is 57.0 Å². The Hall–Kier alpha value is -2.15. The van der Waals surface area contributed by atoms with Crippen LogP contribution < -0.4 is 16.6 Å². The Kier molecular flexibility index (Phi) is 4.57. The molecule has 7 nitrogen and oxygen atoms in total. The zero-order valence-corrected chi connectivity index (χ0v) is 14.4. The number of pyridine rings is 1. The van der Waals surface area contributed by atoms with E-state index in [2.05, 4.69) is 15.3 Å². The van der Waals surface area contributed by atoms with Crippen molar-refractivity contribution >= 4 is 22.7 Å². The number of fused-ring (bicyclic) bond motifs is 1. The first-order valence-electron chi connectivity index (χ1n) is 9.24. The van der Waals surface area contributed by atoms with Crippen LogP contribution in [0.4, 0.5) is 11.6 Å². The lowest BCUT2D eigenvalue weighted by Gasteiger charge is -2.26. The summed E-state index contributed by atoms with van der Waals surface area (Å²) in [4.78, 5) is 21.7. The maximum absolute atomic E-state index is 12.6. The third-order valence-corrected chi connectivity index (χ3v) is 5.32. The molecule has 0 spiro atoms. The number of ether oxygens (including phenoxy) is 1. The minimum atomic E-state index is -0.0624. The molecule has 1 aliphatic carbocycles. The molecule has 4 rings (SSSR count). The minimum Gasteiger partial charge on any atom is -0.398 e. The second kappa shape index (κ2) is 7.00. The number of rotatable bonds is 3. The van der Waals surface area contributed by atoms with E-state index >= 15 is 0 Å². The first kappa shape index (κ1) is 16.3. The molecule has 2 fully saturated rings. The van der Waals surface area contributed by atoms with Gasteiger partial charge in [0.05, 0.1) is 5.39 Å². The summed E-state index contributed by atoms with van der Waals surface area (Å²) < 4.78 is 7.23. The van der Waals surface area contributed by atoms with Crippen molar-refractivity contribution in [1.82, 2.24) is 14.5 Å². The molecule has 2 aromatic heterocycles. The summed E-state index contributed by atoms with van der Waals surface area (Å²) in [6, 6.07) is 2.02. The molecule has 0 amide bonds. The van der Waals surface area contributed by atoms with Crippen molar-refractivity contribution in [3.8, 4) is 0 Å². The lowest BCUT2D eigenvalue weighted by molar-refractivity contribution is 0.0903. The van der Waals surface area contributed by atoms with E-state index in [4.69, 9.17) is 10.5 Å². The van der Waals surface area contributed by atoms with Crippen LogP contribution >= 0.6 is 0 Å². The molecule has 1 saturated carbocycles. The van der Waals surface area contributed by atoms with Gasteiger partial charge in [-0.1, -0.05) is 19.3 Å². The van der Waals surface area contributed by atoms with E-state index < -0.39 is 0 Å². The number of nitrogens with one attached hydrogen (secondary N) is 1. The van der Waals surface area contributed by atoms with Crippen molar-refractivity contribution in [2.75, 3.05) is 24.3 Å². The topological polar surface area (TPSA) is 95.1 Å². The van der Waals surface area contributed by atoms with Gasteiger partial charge >= 0.3 is 0 Å². The first-order valence-corrected chi connectivity index (χ1v) is 9.24. The number of anilines is 2. The van der Waals surface area contributed by atoms with Crippen molar-refractivity contribution < 1.29 is 4.74 Å². The highest BCUT2D eigenvalue weighted by Crippen LogP contribution is 2.30. The molecule has 0 atom stereocenters. The highest BCUT2D eigenvalue weighted by Gasteiger charge is 2.21. The Bertz CT molecular complexity index is 807. The summed E-state index contributed by atoms with van der Waals surface area (Å²) in [6.45, 7) is 1.51. The third kappa shape index (κ3) is 3.33. The van der Waals surface area contributed by atoms with Crippen LogP contribution in [0.5, 0.6) is 0 Å². The number of nitrogens with zero attached hydrogens (tertiary/aromatic N) is 3. The van der Waals surface area contributed by atoms with E-state index in [-0.39, 0.29) is 11.6 Å². The van der Waals surface area contributed by atoms with E-state index in [0.29, 0.717) is 23.3 Å². The first-order chi connectivity index (χ1) is 12.2. The number of hydrogen-bond donors (Lipinski definition) is 2. The molecule has 0 radical (unpaired) electrons. The molecule has 3 heterocycles. The van der Waals surface area contributed by atoms with E-state index in [1.54, 1.807) is 6.20 Å². The number of hydrogen-bond acceptors (Lipinski definition) is 6. The monoisotopic (exact) mass is 343 g/mol. The van der Waals surface area contributed by atoms with Gasteiger partial charge in [-0.3, -0.25) is 9.36 Å². The van der Waals surface area contributed by atoms with E-state index in [1.807, 2.05) is 4.57 Å². The third-order valence-electron chi connectivity index (χ3n) is 5.32. The maximum atomic E-state index is 12.6. The highest BCUT2D eigenvalue weighted by atomic mass is 16.5. The lowest BCUT2D eigenvalue weighted by Crippen LogP contribution is -2.30. The smallest absolute Gasteiger partial charge is 0.254 e. The molecule has 134 valence electrons. The van der Waals surface area contributed by atoms with Crippen molar-refractivity contribution in [2.24, 2.45) is 0 Å². The Morgan fingerprint density at radius 2 is 1.92 bits per heavy atom.